The molecule has 0 aliphatic rings. The van der Waals surface area contributed by atoms with Crippen molar-refractivity contribution < 1.29 is 23.8 Å². The number of alkyl carbamates (subject to hydrolysis) is 1. The van der Waals surface area contributed by atoms with Gasteiger partial charge in [0.2, 0.25) is 5.89 Å². The molecule has 4 aromatic rings. The summed E-state index contributed by atoms with van der Waals surface area (Å²) in [5.41, 5.74) is 3.32. The maximum absolute atomic E-state index is 13.4. The normalized spacial score (nSPS) is 12.0. The molecule has 41 heavy (non-hydrogen) atoms. The van der Waals surface area contributed by atoms with Crippen molar-refractivity contribution in [3.63, 3.8) is 0 Å². The summed E-state index contributed by atoms with van der Waals surface area (Å²) in [6.45, 7) is 5.73. The number of aliphatic hydroxyl groups is 1. The molecule has 1 heterocycles. The summed E-state index contributed by atoms with van der Waals surface area (Å²) in [6, 6.07) is 21.5. The van der Waals surface area contributed by atoms with Crippen molar-refractivity contribution >= 4 is 23.6 Å². The minimum absolute atomic E-state index is 0.0298. The van der Waals surface area contributed by atoms with Gasteiger partial charge in [-0.25, -0.2) is 9.78 Å². The predicted octanol–water partition coefficient (Wildman–Crippen LogP) is 6.93. The van der Waals surface area contributed by atoms with Crippen LogP contribution in [0.1, 0.15) is 61.5 Å². The summed E-state index contributed by atoms with van der Waals surface area (Å²) in [4.78, 5) is 29.9. The van der Waals surface area contributed by atoms with Crippen LogP contribution in [0.25, 0.3) is 22.5 Å². The van der Waals surface area contributed by atoms with Gasteiger partial charge in [-0.1, -0.05) is 48.0 Å². The fraction of sp³-hybridized carbons (Fsp3) is 0.281. The molecule has 9 heteroatoms. The number of ether oxygens (including phenoxy) is 1. The number of carbonyl (C=O) groups is 2. The molecule has 3 aromatic carbocycles. The molecule has 0 unspecified atom stereocenters. The number of amides is 2. The zero-order chi connectivity index (χ0) is 29.4. The monoisotopic (exact) mass is 575 g/mol. The second-order valence-corrected chi connectivity index (χ2v) is 11.0. The Morgan fingerprint density at radius 2 is 1.71 bits per heavy atom. The zero-order valence-corrected chi connectivity index (χ0v) is 24.1. The third-order valence-corrected chi connectivity index (χ3v) is 6.44. The number of rotatable bonds is 10. The molecular formula is C32H34ClN3O5. The third-order valence-electron chi connectivity index (χ3n) is 6.19. The van der Waals surface area contributed by atoms with Crippen LogP contribution >= 0.6 is 11.6 Å². The molecule has 4 rings (SSSR count). The third kappa shape index (κ3) is 8.67. The number of aliphatic hydroxyl groups excluding tert-OH is 1. The van der Waals surface area contributed by atoms with E-state index in [4.69, 9.17) is 20.8 Å². The Morgan fingerprint density at radius 1 is 1.00 bits per heavy atom. The van der Waals surface area contributed by atoms with E-state index in [9.17, 15) is 14.7 Å². The van der Waals surface area contributed by atoms with Crippen LogP contribution < -0.4 is 10.6 Å². The molecule has 0 saturated carbocycles. The highest BCUT2D eigenvalue weighted by Gasteiger charge is 2.22. The average Bonchev–Trinajstić information content (AvgIpc) is 3.44. The molecule has 3 N–H and O–H groups in total. The largest absolute Gasteiger partial charge is 0.444 e. The highest BCUT2D eigenvalue weighted by Crippen LogP contribution is 2.27. The fourth-order valence-corrected chi connectivity index (χ4v) is 4.27. The second-order valence-electron chi connectivity index (χ2n) is 10.6. The fourth-order valence-electron chi connectivity index (χ4n) is 4.15. The van der Waals surface area contributed by atoms with Gasteiger partial charge in [0.1, 0.15) is 11.6 Å². The smallest absolute Gasteiger partial charge is 0.407 e. The van der Waals surface area contributed by atoms with Crippen LogP contribution in [-0.2, 0) is 11.3 Å². The highest BCUT2D eigenvalue weighted by molar-refractivity contribution is 6.30. The van der Waals surface area contributed by atoms with Crippen molar-refractivity contribution in [1.29, 1.82) is 0 Å². The molecule has 2 amide bonds. The Bertz CT molecular complexity index is 1460. The van der Waals surface area contributed by atoms with Gasteiger partial charge in [0.25, 0.3) is 5.91 Å². The van der Waals surface area contributed by atoms with Gasteiger partial charge in [-0.05, 0) is 86.7 Å². The highest BCUT2D eigenvalue weighted by atomic mass is 35.5. The number of hydrogen-bond acceptors (Lipinski definition) is 6. The summed E-state index contributed by atoms with van der Waals surface area (Å²) in [6.07, 6.45) is 2.13. The first kappa shape index (κ1) is 29.8. The summed E-state index contributed by atoms with van der Waals surface area (Å²) in [5, 5.41) is 15.7. The SMILES string of the molecule is CC(C)(C)OC(=O)NCCC[C@H](NC(=O)c1cccc(-c2ccc(CO)cc2)c1)c1ncc(-c2ccc(Cl)cc2)o1. The summed E-state index contributed by atoms with van der Waals surface area (Å²) in [5.74, 6) is 0.627. The lowest BCUT2D eigenvalue weighted by Crippen LogP contribution is -2.34. The van der Waals surface area contributed by atoms with Gasteiger partial charge >= 0.3 is 6.09 Å². The molecule has 214 valence electrons. The minimum Gasteiger partial charge on any atom is -0.444 e. The predicted molar refractivity (Wildman–Crippen MR) is 158 cm³/mol. The van der Waals surface area contributed by atoms with E-state index < -0.39 is 17.7 Å². The number of halogens is 1. The van der Waals surface area contributed by atoms with Crippen molar-refractivity contribution in [2.45, 2.75) is 51.9 Å². The van der Waals surface area contributed by atoms with E-state index in [0.29, 0.717) is 41.6 Å². The minimum atomic E-state index is -0.591. The van der Waals surface area contributed by atoms with E-state index in [1.54, 1.807) is 45.2 Å². The standard InChI is InChI=1S/C32H34ClN3O5/c1-32(2,3)41-31(39)34-17-5-8-27(30-35-19-28(40-30)23-13-15-26(33)16-14-23)36-29(38)25-7-4-6-24(18-25)22-11-9-21(20-37)10-12-22/h4,6-7,9-16,18-19,27,37H,5,8,17,20H2,1-3H3,(H,34,39)(H,36,38)/t27-/m0/s1. The maximum Gasteiger partial charge on any atom is 0.407 e. The Kier molecular flexibility index (Phi) is 9.81. The molecule has 0 spiro atoms. The van der Waals surface area contributed by atoms with E-state index in [2.05, 4.69) is 15.6 Å². The van der Waals surface area contributed by atoms with Crippen LogP contribution in [0.3, 0.4) is 0 Å². The van der Waals surface area contributed by atoms with E-state index in [-0.39, 0.29) is 12.5 Å². The first-order valence-electron chi connectivity index (χ1n) is 13.4. The number of aromatic nitrogens is 1. The van der Waals surface area contributed by atoms with Gasteiger partial charge in [-0.3, -0.25) is 4.79 Å². The number of carbonyl (C=O) groups excluding carboxylic acids is 2. The number of hydrogen-bond donors (Lipinski definition) is 3. The molecule has 0 aliphatic carbocycles. The molecule has 1 aromatic heterocycles. The quantitative estimate of drug-likeness (QED) is 0.177. The van der Waals surface area contributed by atoms with Crippen LogP contribution in [0.15, 0.2) is 83.4 Å². The van der Waals surface area contributed by atoms with Gasteiger partial charge < -0.3 is 24.9 Å². The molecule has 1 atom stereocenters. The van der Waals surface area contributed by atoms with Gasteiger partial charge in [-0.15, -0.1) is 0 Å². The molecule has 8 nitrogen and oxygen atoms in total. The van der Waals surface area contributed by atoms with Gasteiger partial charge in [0.15, 0.2) is 5.76 Å². The molecule has 0 fully saturated rings. The topological polar surface area (TPSA) is 114 Å². The summed E-state index contributed by atoms with van der Waals surface area (Å²) < 4.78 is 11.4. The van der Waals surface area contributed by atoms with Crippen LogP contribution in [0.4, 0.5) is 4.79 Å². The number of nitrogens with zero attached hydrogens (tertiary/aromatic N) is 1. The first-order valence-corrected chi connectivity index (χ1v) is 13.8. The first-order chi connectivity index (χ1) is 19.6. The van der Waals surface area contributed by atoms with Crippen molar-refractivity contribution in [3.05, 3.63) is 101 Å². The Hall–Kier alpha value is -4.14. The lowest BCUT2D eigenvalue weighted by atomic mass is 10.0. The molecular weight excluding hydrogens is 542 g/mol. The van der Waals surface area contributed by atoms with E-state index in [0.717, 1.165) is 22.3 Å². The van der Waals surface area contributed by atoms with Crippen LogP contribution in [-0.4, -0.2) is 34.2 Å². The van der Waals surface area contributed by atoms with Crippen molar-refractivity contribution in [1.82, 2.24) is 15.6 Å². The molecule has 0 aliphatic heterocycles. The average molecular weight is 576 g/mol. The van der Waals surface area contributed by atoms with Gasteiger partial charge in [0, 0.05) is 22.7 Å². The Morgan fingerprint density at radius 3 is 2.39 bits per heavy atom. The van der Waals surface area contributed by atoms with Crippen LogP contribution in [0, 0.1) is 0 Å². The number of oxazole rings is 1. The van der Waals surface area contributed by atoms with E-state index in [1.807, 2.05) is 54.6 Å². The van der Waals surface area contributed by atoms with Crippen molar-refractivity contribution in [2.24, 2.45) is 0 Å². The van der Waals surface area contributed by atoms with Crippen LogP contribution in [0.2, 0.25) is 5.02 Å². The second kappa shape index (κ2) is 13.5. The lowest BCUT2D eigenvalue weighted by Gasteiger charge is -2.20. The molecule has 0 radical (unpaired) electrons. The van der Waals surface area contributed by atoms with Gasteiger partial charge in [-0.2, -0.15) is 0 Å². The Labute approximate surface area is 244 Å². The number of nitrogens with one attached hydrogen (secondary N) is 2. The Balaban J connectivity index is 1.49. The maximum atomic E-state index is 13.4. The molecule has 0 bridgehead atoms. The zero-order valence-electron chi connectivity index (χ0n) is 23.3. The van der Waals surface area contributed by atoms with Crippen LogP contribution in [0.5, 0.6) is 0 Å². The number of benzene rings is 3. The lowest BCUT2D eigenvalue weighted by molar-refractivity contribution is 0.0525. The summed E-state index contributed by atoms with van der Waals surface area (Å²) >= 11 is 6.02. The van der Waals surface area contributed by atoms with E-state index >= 15 is 0 Å². The van der Waals surface area contributed by atoms with Gasteiger partial charge in [0.05, 0.1) is 12.8 Å². The summed E-state index contributed by atoms with van der Waals surface area (Å²) in [7, 11) is 0. The van der Waals surface area contributed by atoms with Crippen molar-refractivity contribution in [3.8, 4) is 22.5 Å². The molecule has 0 saturated heterocycles. The van der Waals surface area contributed by atoms with E-state index in [1.165, 1.54) is 0 Å². The van der Waals surface area contributed by atoms with Crippen molar-refractivity contribution in [2.75, 3.05) is 6.54 Å².